The Morgan fingerprint density at radius 1 is 1.30 bits per heavy atom. The maximum absolute atomic E-state index is 12.8. The van der Waals surface area contributed by atoms with Crippen molar-refractivity contribution in [1.82, 2.24) is 5.32 Å². The topological polar surface area (TPSA) is 92.8 Å². The van der Waals surface area contributed by atoms with Gasteiger partial charge in [0.2, 0.25) is 5.91 Å². The van der Waals surface area contributed by atoms with Crippen molar-refractivity contribution in [3.63, 3.8) is 0 Å². The third-order valence-corrected chi connectivity index (χ3v) is 5.93. The van der Waals surface area contributed by atoms with Crippen LogP contribution in [0.2, 0.25) is 0 Å². The second kappa shape index (κ2) is 5.84. The van der Waals surface area contributed by atoms with E-state index in [-0.39, 0.29) is 29.9 Å². The number of nitrogens with one attached hydrogen (secondary N) is 1. The highest BCUT2D eigenvalue weighted by molar-refractivity contribution is 7.91. The summed E-state index contributed by atoms with van der Waals surface area (Å²) in [5.41, 5.74) is 0.571. The van der Waals surface area contributed by atoms with Gasteiger partial charge in [-0.3, -0.25) is 9.59 Å². The average Bonchev–Trinajstić information content (AvgIpc) is 2.92. The molecule has 1 aromatic carbocycles. The van der Waals surface area contributed by atoms with Crippen LogP contribution >= 0.6 is 0 Å². The molecule has 1 N–H and O–H groups in total. The summed E-state index contributed by atoms with van der Waals surface area (Å²) in [4.78, 5) is 26.2. The Bertz CT molecular complexity index is 746. The van der Waals surface area contributed by atoms with Crippen LogP contribution in [0, 0.1) is 5.92 Å². The molecule has 8 heteroatoms. The molecule has 2 heterocycles. The Labute approximate surface area is 134 Å². The first kappa shape index (κ1) is 15.8. The smallest absolute Gasteiger partial charge is 0.262 e. The molecule has 2 atom stereocenters. The summed E-state index contributed by atoms with van der Waals surface area (Å²) >= 11 is 0. The molecule has 0 aromatic heterocycles. The van der Waals surface area contributed by atoms with Gasteiger partial charge < -0.3 is 15.0 Å². The number of carbonyl (C=O) groups is 2. The summed E-state index contributed by atoms with van der Waals surface area (Å²) < 4.78 is 28.9. The predicted molar refractivity (Wildman–Crippen MR) is 84.0 cm³/mol. The molecule has 0 bridgehead atoms. The van der Waals surface area contributed by atoms with Crippen molar-refractivity contribution < 1.29 is 22.7 Å². The summed E-state index contributed by atoms with van der Waals surface area (Å²) in [6, 6.07) is 6.95. The molecule has 7 nitrogen and oxygen atoms in total. The Hall–Kier alpha value is -2.09. The number of amides is 2. The van der Waals surface area contributed by atoms with Gasteiger partial charge in [-0.15, -0.1) is 0 Å². The van der Waals surface area contributed by atoms with E-state index in [0.29, 0.717) is 17.9 Å². The number of sulfone groups is 1. The lowest BCUT2D eigenvalue weighted by Crippen LogP contribution is -2.51. The molecule has 2 aliphatic rings. The van der Waals surface area contributed by atoms with E-state index in [4.69, 9.17) is 4.74 Å². The quantitative estimate of drug-likeness (QED) is 0.817. The third kappa shape index (κ3) is 3.03. The van der Waals surface area contributed by atoms with Crippen molar-refractivity contribution in [2.45, 2.75) is 12.5 Å². The van der Waals surface area contributed by atoms with Gasteiger partial charge in [-0.05, 0) is 18.6 Å². The normalized spacial score (nSPS) is 25.3. The molecule has 0 radical (unpaired) electrons. The zero-order valence-corrected chi connectivity index (χ0v) is 13.5. The summed E-state index contributed by atoms with van der Waals surface area (Å²) in [6.07, 6.45) is -0.484. The van der Waals surface area contributed by atoms with Crippen LogP contribution < -0.4 is 15.0 Å². The fourth-order valence-corrected chi connectivity index (χ4v) is 4.68. The summed E-state index contributed by atoms with van der Waals surface area (Å²) in [6.45, 7) is 0.0755. The highest BCUT2D eigenvalue weighted by Gasteiger charge is 2.40. The van der Waals surface area contributed by atoms with Gasteiger partial charge in [0.1, 0.15) is 5.75 Å². The molecule has 1 saturated heterocycles. The first-order valence-electron chi connectivity index (χ1n) is 7.40. The maximum Gasteiger partial charge on any atom is 0.262 e. The van der Waals surface area contributed by atoms with E-state index in [2.05, 4.69) is 5.32 Å². The van der Waals surface area contributed by atoms with Crippen molar-refractivity contribution in [2.24, 2.45) is 5.92 Å². The number of ether oxygens (including phenoxy) is 1. The largest absolute Gasteiger partial charge is 0.477 e. The second-order valence-corrected chi connectivity index (χ2v) is 7.97. The fourth-order valence-electron chi connectivity index (χ4n) is 2.95. The van der Waals surface area contributed by atoms with E-state index in [1.807, 2.05) is 0 Å². The number of likely N-dealkylation sites (N-methyl/N-ethyl adjacent to an activating group) is 1. The highest BCUT2D eigenvalue weighted by atomic mass is 32.2. The predicted octanol–water partition coefficient (Wildman–Crippen LogP) is -0.0387. The van der Waals surface area contributed by atoms with Gasteiger partial charge in [-0.1, -0.05) is 12.1 Å². The van der Waals surface area contributed by atoms with Gasteiger partial charge in [0, 0.05) is 7.05 Å². The van der Waals surface area contributed by atoms with E-state index in [0.717, 1.165) is 0 Å². The molecular formula is C15H18N2O5S. The van der Waals surface area contributed by atoms with E-state index >= 15 is 0 Å². The van der Waals surface area contributed by atoms with Crippen molar-refractivity contribution in [2.75, 3.05) is 30.0 Å². The molecule has 0 saturated carbocycles. The van der Waals surface area contributed by atoms with Crippen molar-refractivity contribution in [3.05, 3.63) is 24.3 Å². The fraction of sp³-hybridized carbons (Fsp3) is 0.467. The number of benzene rings is 1. The monoisotopic (exact) mass is 338 g/mol. The van der Waals surface area contributed by atoms with Gasteiger partial charge >= 0.3 is 0 Å². The van der Waals surface area contributed by atoms with Crippen LogP contribution in [0.4, 0.5) is 5.69 Å². The minimum atomic E-state index is -3.15. The van der Waals surface area contributed by atoms with Crippen LogP contribution in [0.25, 0.3) is 0 Å². The first-order valence-corrected chi connectivity index (χ1v) is 9.22. The Morgan fingerprint density at radius 2 is 2.04 bits per heavy atom. The summed E-state index contributed by atoms with van der Waals surface area (Å²) in [7, 11) is -1.65. The van der Waals surface area contributed by atoms with E-state index in [1.54, 1.807) is 24.3 Å². The lowest BCUT2D eigenvalue weighted by molar-refractivity contribution is -0.128. The lowest BCUT2D eigenvalue weighted by Gasteiger charge is -2.35. The minimum Gasteiger partial charge on any atom is -0.477 e. The molecule has 0 spiro atoms. The summed E-state index contributed by atoms with van der Waals surface area (Å²) in [5.74, 6) is -0.797. The number of hydrogen-bond acceptors (Lipinski definition) is 5. The zero-order chi connectivity index (χ0) is 16.6. The van der Waals surface area contributed by atoms with Gasteiger partial charge in [0.25, 0.3) is 5.91 Å². The Kier molecular flexibility index (Phi) is 4.01. The molecule has 0 unspecified atom stereocenters. The van der Waals surface area contributed by atoms with Crippen LogP contribution in [-0.2, 0) is 19.4 Å². The molecule has 23 heavy (non-hydrogen) atoms. The Morgan fingerprint density at radius 3 is 2.70 bits per heavy atom. The number of para-hydroxylation sites is 2. The van der Waals surface area contributed by atoms with E-state index in [1.165, 1.54) is 11.9 Å². The van der Waals surface area contributed by atoms with Crippen molar-refractivity contribution in [1.29, 1.82) is 0 Å². The van der Waals surface area contributed by atoms with Crippen LogP contribution in [0.3, 0.4) is 0 Å². The Balaban J connectivity index is 1.90. The molecule has 0 aliphatic carbocycles. The van der Waals surface area contributed by atoms with Crippen LogP contribution in [0.5, 0.6) is 5.75 Å². The maximum atomic E-state index is 12.8. The standard InChI is InChI=1S/C15H18N2O5S/c1-16-14(18)13-8-17(11-4-2-3-5-12(11)22-13)15(19)10-6-7-23(20,21)9-10/h2-5,10,13H,6-9H2,1H3,(H,16,18)/t10-,13-/m0/s1. The molecular weight excluding hydrogens is 320 g/mol. The van der Waals surface area contributed by atoms with E-state index in [9.17, 15) is 18.0 Å². The number of rotatable bonds is 2. The molecule has 2 amide bonds. The van der Waals surface area contributed by atoms with Gasteiger partial charge in [-0.25, -0.2) is 8.42 Å². The SMILES string of the molecule is CNC(=O)[C@@H]1CN(C(=O)[C@H]2CCS(=O)(=O)C2)c2ccccc2O1. The number of carbonyl (C=O) groups excluding carboxylic acids is 2. The number of hydrogen-bond donors (Lipinski definition) is 1. The molecule has 124 valence electrons. The van der Waals surface area contributed by atoms with Crippen molar-refractivity contribution >= 4 is 27.3 Å². The molecule has 1 fully saturated rings. The summed E-state index contributed by atoms with van der Waals surface area (Å²) in [5, 5.41) is 2.51. The average molecular weight is 338 g/mol. The highest BCUT2D eigenvalue weighted by Crippen LogP contribution is 2.35. The molecule has 3 rings (SSSR count). The zero-order valence-electron chi connectivity index (χ0n) is 12.7. The second-order valence-electron chi connectivity index (χ2n) is 5.74. The first-order chi connectivity index (χ1) is 10.9. The van der Waals surface area contributed by atoms with E-state index < -0.39 is 21.9 Å². The van der Waals surface area contributed by atoms with Gasteiger partial charge in [0.05, 0.1) is 29.7 Å². The minimum absolute atomic E-state index is 0.0360. The van der Waals surface area contributed by atoms with Crippen LogP contribution in [0.15, 0.2) is 24.3 Å². The van der Waals surface area contributed by atoms with Gasteiger partial charge in [-0.2, -0.15) is 0 Å². The lowest BCUT2D eigenvalue weighted by atomic mass is 10.1. The third-order valence-electron chi connectivity index (χ3n) is 4.16. The number of nitrogens with zero attached hydrogens (tertiary/aromatic N) is 1. The van der Waals surface area contributed by atoms with Crippen LogP contribution in [0.1, 0.15) is 6.42 Å². The molecule has 2 aliphatic heterocycles. The van der Waals surface area contributed by atoms with Crippen LogP contribution in [-0.4, -0.2) is 51.4 Å². The number of anilines is 1. The van der Waals surface area contributed by atoms with Crippen molar-refractivity contribution in [3.8, 4) is 5.75 Å². The van der Waals surface area contributed by atoms with Gasteiger partial charge in [0.15, 0.2) is 15.9 Å². The molecule has 1 aromatic rings. The number of fused-ring (bicyclic) bond motifs is 1.